The number of amides is 2. The lowest BCUT2D eigenvalue weighted by Gasteiger charge is -2.59. The molecule has 0 saturated heterocycles. The number of aliphatic hydroxyl groups is 2. The number of hydrogen-bond donors (Lipinski definition) is 3. The van der Waals surface area contributed by atoms with Crippen LogP contribution in [0.3, 0.4) is 0 Å². The van der Waals surface area contributed by atoms with Gasteiger partial charge in [0.15, 0.2) is 11.5 Å². The lowest BCUT2D eigenvalue weighted by Crippen LogP contribution is -2.70. The van der Waals surface area contributed by atoms with E-state index in [1.165, 1.54) is 0 Å². The minimum absolute atomic E-state index is 0.0225. The first kappa shape index (κ1) is 43.1. The van der Waals surface area contributed by atoms with E-state index in [0.717, 1.165) is 42.4 Å². The smallest absolute Gasteiger partial charge is 0.412 e. The highest BCUT2D eigenvalue weighted by atomic mass is 35.5. The van der Waals surface area contributed by atoms with Crippen molar-refractivity contribution in [3.63, 3.8) is 0 Å². The number of halogens is 1. The van der Waals surface area contributed by atoms with Crippen LogP contribution in [0.25, 0.3) is 0 Å². The number of nitrogens with one attached hydrogen (secondary N) is 1. The van der Waals surface area contributed by atoms with E-state index in [1.807, 2.05) is 38.1 Å². The molecule has 4 aliphatic rings. The summed E-state index contributed by atoms with van der Waals surface area (Å²) in [5.74, 6) is -0.261. The van der Waals surface area contributed by atoms with E-state index < -0.39 is 29.9 Å². The fourth-order valence-electron chi connectivity index (χ4n) is 8.89. The van der Waals surface area contributed by atoms with Crippen LogP contribution < -0.4 is 24.3 Å². The second kappa shape index (κ2) is 20.5. The summed E-state index contributed by atoms with van der Waals surface area (Å²) in [5, 5.41) is 27.1. The molecule has 2 heterocycles. The van der Waals surface area contributed by atoms with Crippen LogP contribution in [0.5, 0.6) is 23.0 Å². The number of oxime groups is 1. The number of nitrogens with zero attached hydrogens (tertiary/aromatic N) is 2. The molecule has 14 nitrogen and oxygen atoms in total. The van der Waals surface area contributed by atoms with Crippen LogP contribution >= 0.6 is 11.6 Å². The molecule has 6 unspecified atom stereocenters. The molecule has 0 radical (unpaired) electrons. The van der Waals surface area contributed by atoms with Gasteiger partial charge >= 0.3 is 12.2 Å². The lowest BCUT2D eigenvalue weighted by molar-refractivity contribution is -0.256. The topological polar surface area (TPSA) is 167 Å². The van der Waals surface area contributed by atoms with Crippen molar-refractivity contribution in [2.45, 2.75) is 83.1 Å². The highest BCUT2D eigenvalue weighted by Gasteiger charge is 2.65. The van der Waals surface area contributed by atoms with Crippen molar-refractivity contribution in [3.05, 3.63) is 71.8 Å². The Kier molecular flexibility index (Phi) is 15.2. The first-order valence-electron chi connectivity index (χ1n) is 20.4. The fourth-order valence-corrected chi connectivity index (χ4v) is 8.97. The minimum Gasteiger partial charge on any atom is -0.459 e. The number of unbranched alkanes of at least 4 members (excludes halogenated alkanes) is 2. The largest absolute Gasteiger partial charge is 0.459 e. The van der Waals surface area contributed by atoms with E-state index in [2.05, 4.69) is 18.0 Å². The number of ether oxygens (including phenoxy) is 6. The van der Waals surface area contributed by atoms with Crippen LogP contribution in [-0.2, 0) is 20.9 Å². The van der Waals surface area contributed by atoms with Crippen LogP contribution in [0.2, 0.25) is 0 Å². The molecule has 1 saturated carbocycles. The minimum atomic E-state index is -1.52. The molecule has 15 heteroatoms. The second-order valence-corrected chi connectivity index (χ2v) is 15.1. The van der Waals surface area contributed by atoms with Gasteiger partial charge in [0.1, 0.15) is 30.8 Å². The van der Waals surface area contributed by atoms with Crippen LogP contribution in [0.1, 0.15) is 75.8 Å². The maximum absolute atomic E-state index is 14.5. The van der Waals surface area contributed by atoms with Gasteiger partial charge in [0.25, 0.3) is 0 Å². The summed E-state index contributed by atoms with van der Waals surface area (Å²) in [6, 6.07) is 10.0. The number of hydrogen-bond acceptors (Lipinski definition) is 12. The molecule has 2 aliphatic heterocycles. The molecule has 0 spiro atoms. The van der Waals surface area contributed by atoms with Crippen molar-refractivity contribution in [1.82, 2.24) is 10.2 Å². The van der Waals surface area contributed by atoms with E-state index in [1.54, 1.807) is 23.1 Å². The molecule has 2 aromatic rings. The molecule has 2 aliphatic carbocycles. The highest BCUT2D eigenvalue weighted by molar-refractivity contribution is 6.18. The molecule has 6 atom stereocenters. The van der Waals surface area contributed by atoms with Crippen LogP contribution in [-0.4, -0.2) is 97.1 Å². The fraction of sp³-hybridized carbons (Fsp3) is 0.558. The van der Waals surface area contributed by atoms with Crippen molar-refractivity contribution in [2.24, 2.45) is 22.9 Å². The van der Waals surface area contributed by atoms with E-state index in [-0.39, 0.29) is 69.8 Å². The van der Waals surface area contributed by atoms with Gasteiger partial charge in [0.2, 0.25) is 12.6 Å². The number of alkyl halides is 1. The quantitative estimate of drug-likeness (QED) is 0.0542. The molecule has 6 rings (SSSR count). The zero-order chi connectivity index (χ0) is 41.1. The van der Waals surface area contributed by atoms with Crippen molar-refractivity contribution in [3.8, 4) is 23.0 Å². The lowest BCUT2D eigenvalue weighted by atomic mass is 9.55. The average molecular weight is 826 g/mol. The number of carbonyl (C=O) groups excluding carboxylic acids is 2. The van der Waals surface area contributed by atoms with Gasteiger partial charge in [-0.2, -0.15) is 0 Å². The van der Waals surface area contributed by atoms with E-state index in [0.29, 0.717) is 54.7 Å². The van der Waals surface area contributed by atoms with Crippen molar-refractivity contribution < 1.29 is 53.1 Å². The third-order valence-electron chi connectivity index (χ3n) is 11.2. The summed E-state index contributed by atoms with van der Waals surface area (Å²) >= 11 is 6.06. The summed E-state index contributed by atoms with van der Waals surface area (Å²) in [7, 11) is 0. The Balaban J connectivity index is 1.58. The first-order chi connectivity index (χ1) is 28.3. The van der Waals surface area contributed by atoms with Crippen molar-refractivity contribution in [1.29, 1.82) is 0 Å². The van der Waals surface area contributed by atoms with Gasteiger partial charge in [-0.3, -0.25) is 4.90 Å². The number of carbonyl (C=O) groups is 2. The molecular formula is C43H56ClN3O11. The SMILES string of the molecule is C=CCOC12Oc3ccc(OC(=O)NCC)cc3C3C(CCCCO)C(CCCCO)C=C(C(=NOCC)CC1N(Cc1ccc4c(c1)OCO4)C(=O)OCCCl)C32. The van der Waals surface area contributed by atoms with Gasteiger partial charge in [-0.25, -0.2) is 9.59 Å². The molecule has 0 aromatic heterocycles. The Morgan fingerprint density at radius 1 is 1.05 bits per heavy atom. The predicted octanol–water partition coefficient (Wildman–Crippen LogP) is 7.05. The van der Waals surface area contributed by atoms with E-state index >= 15 is 0 Å². The van der Waals surface area contributed by atoms with Crippen LogP contribution in [0.15, 0.2) is 65.9 Å². The second-order valence-electron chi connectivity index (χ2n) is 14.7. The number of rotatable bonds is 20. The predicted molar refractivity (Wildman–Crippen MR) is 216 cm³/mol. The van der Waals surface area contributed by atoms with Gasteiger partial charge in [0.05, 0.1) is 24.1 Å². The molecule has 58 heavy (non-hydrogen) atoms. The first-order valence-corrected chi connectivity index (χ1v) is 20.9. The third-order valence-corrected chi connectivity index (χ3v) is 11.3. The van der Waals surface area contributed by atoms with Gasteiger partial charge in [-0.05, 0) is 92.8 Å². The summed E-state index contributed by atoms with van der Waals surface area (Å²) in [6.45, 7) is 8.76. The summed E-state index contributed by atoms with van der Waals surface area (Å²) < 4.78 is 37.1. The highest BCUT2D eigenvalue weighted by Crippen LogP contribution is 2.62. The molecule has 3 N–H and O–H groups in total. The number of allylic oxidation sites excluding steroid dienone is 1. The van der Waals surface area contributed by atoms with Crippen LogP contribution in [0.4, 0.5) is 9.59 Å². The van der Waals surface area contributed by atoms with Crippen molar-refractivity contribution >= 4 is 29.5 Å². The third kappa shape index (κ3) is 9.35. The van der Waals surface area contributed by atoms with Crippen LogP contribution in [0, 0.1) is 17.8 Å². The Morgan fingerprint density at radius 3 is 2.57 bits per heavy atom. The Labute approximate surface area is 345 Å². The zero-order valence-corrected chi connectivity index (χ0v) is 34.1. The number of fused-ring (bicyclic) bond motifs is 3. The van der Waals surface area contributed by atoms with E-state index in [4.69, 9.17) is 50.0 Å². The molecular weight excluding hydrogens is 770 g/mol. The molecule has 2 amide bonds. The molecule has 1 fully saturated rings. The Morgan fingerprint density at radius 2 is 1.83 bits per heavy atom. The molecule has 316 valence electrons. The average Bonchev–Trinajstić information content (AvgIpc) is 3.70. The maximum Gasteiger partial charge on any atom is 0.412 e. The summed E-state index contributed by atoms with van der Waals surface area (Å²) in [6.07, 6.45) is 7.23. The summed E-state index contributed by atoms with van der Waals surface area (Å²) in [5.41, 5.74) is 3.09. The number of benzene rings is 2. The Bertz CT molecular complexity index is 1810. The number of aliphatic hydroxyl groups excluding tert-OH is 2. The van der Waals surface area contributed by atoms with Gasteiger partial charge in [-0.1, -0.05) is 36.2 Å². The van der Waals surface area contributed by atoms with E-state index in [9.17, 15) is 19.8 Å². The molecule has 2 aromatic carbocycles. The maximum atomic E-state index is 14.5. The standard InChI is InChI=1S/C43H56ClN3O11/c1-4-20-55-43-38(47(42(51)52-21-17-44)26-28-13-15-36-37(22-28)54-27-53-36)25-34(46-56-6-3)32-23-29(11-7-9-18-48)31(12-8-10-19-49)39(40(32)43)33-24-30(14-16-35(33)58-43)57-41(50)45-5-2/h4,13-16,22-24,29,31,38-40,48-49H,1,5-12,17-21,25-27H2,2-3H3,(H,45,50). The summed E-state index contributed by atoms with van der Waals surface area (Å²) in [4.78, 5) is 34.6. The van der Waals surface area contributed by atoms with Gasteiger partial charge in [0, 0.05) is 44.2 Å². The van der Waals surface area contributed by atoms with Crippen molar-refractivity contribution in [2.75, 3.05) is 52.3 Å². The Hall–Kier alpha value is -4.50. The monoisotopic (exact) mass is 825 g/mol. The van der Waals surface area contributed by atoms with Gasteiger partial charge < -0.3 is 48.8 Å². The van der Waals surface area contributed by atoms with Gasteiger partial charge in [-0.15, -0.1) is 18.2 Å². The molecule has 0 bridgehead atoms. The zero-order valence-electron chi connectivity index (χ0n) is 33.4. The normalized spacial score (nSPS) is 24.5.